The van der Waals surface area contributed by atoms with E-state index in [1.807, 2.05) is 0 Å². The second-order valence-electron chi connectivity index (χ2n) is 3.83. The van der Waals surface area contributed by atoms with Gasteiger partial charge in [0.15, 0.2) is 0 Å². The minimum atomic E-state index is 0.0914. The predicted octanol–water partition coefficient (Wildman–Crippen LogP) is 2.23. The van der Waals surface area contributed by atoms with Crippen LogP contribution in [0.3, 0.4) is 0 Å². The summed E-state index contributed by atoms with van der Waals surface area (Å²) in [5.41, 5.74) is 0. The molecule has 0 aliphatic heterocycles. The zero-order valence-corrected chi connectivity index (χ0v) is 10.2. The van der Waals surface area contributed by atoms with Gasteiger partial charge in [0.05, 0.1) is 26.4 Å². The lowest BCUT2D eigenvalue weighted by atomic mass is 10.0. The molecule has 0 spiro atoms. The fraction of sp³-hybridized carbons (Fsp3) is 1.00. The lowest BCUT2D eigenvalue weighted by Crippen LogP contribution is -2.13. The number of hydrogen-bond donors (Lipinski definition) is 1. The van der Waals surface area contributed by atoms with Crippen molar-refractivity contribution < 1.29 is 14.6 Å². The SMILES string of the molecule is CCCC[C@@H](CC)COCCOCCO. The van der Waals surface area contributed by atoms with Crippen molar-refractivity contribution in [2.75, 3.05) is 33.0 Å². The van der Waals surface area contributed by atoms with Gasteiger partial charge in [-0.05, 0) is 12.3 Å². The van der Waals surface area contributed by atoms with Gasteiger partial charge in [0.1, 0.15) is 0 Å². The van der Waals surface area contributed by atoms with E-state index in [-0.39, 0.29) is 6.61 Å². The molecule has 0 amide bonds. The van der Waals surface area contributed by atoms with Crippen molar-refractivity contribution in [3.8, 4) is 0 Å². The van der Waals surface area contributed by atoms with Gasteiger partial charge in [-0.25, -0.2) is 0 Å². The van der Waals surface area contributed by atoms with E-state index in [9.17, 15) is 0 Å². The Hall–Kier alpha value is -0.120. The van der Waals surface area contributed by atoms with E-state index in [4.69, 9.17) is 14.6 Å². The quantitative estimate of drug-likeness (QED) is 0.540. The lowest BCUT2D eigenvalue weighted by molar-refractivity contribution is 0.0204. The molecule has 1 N–H and O–H groups in total. The molecule has 0 bridgehead atoms. The van der Waals surface area contributed by atoms with Crippen molar-refractivity contribution in [1.29, 1.82) is 0 Å². The van der Waals surface area contributed by atoms with Gasteiger partial charge >= 0.3 is 0 Å². The Kier molecular flexibility index (Phi) is 11.9. The fourth-order valence-corrected chi connectivity index (χ4v) is 1.43. The Morgan fingerprint density at radius 3 is 2.40 bits per heavy atom. The van der Waals surface area contributed by atoms with Crippen LogP contribution in [0.4, 0.5) is 0 Å². The van der Waals surface area contributed by atoms with Crippen LogP contribution in [0.2, 0.25) is 0 Å². The van der Waals surface area contributed by atoms with E-state index in [1.54, 1.807) is 0 Å². The maximum Gasteiger partial charge on any atom is 0.0701 e. The maximum atomic E-state index is 8.48. The molecule has 1 atom stereocenters. The summed E-state index contributed by atoms with van der Waals surface area (Å²) >= 11 is 0. The van der Waals surface area contributed by atoms with E-state index in [2.05, 4.69) is 13.8 Å². The van der Waals surface area contributed by atoms with Gasteiger partial charge in [0.25, 0.3) is 0 Å². The Morgan fingerprint density at radius 1 is 1.07 bits per heavy atom. The van der Waals surface area contributed by atoms with Crippen molar-refractivity contribution >= 4 is 0 Å². The van der Waals surface area contributed by atoms with Crippen LogP contribution in [0.5, 0.6) is 0 Å². The van der Waals surface area contributed by atoms with Crippen LogP contribution in [0.1, 0.15) is 39.5 Å². The van der Waals surface area contributed by atoms with Gasteiger partial charge < -0.3 is 14.6 Å². The molecule has 0 aliphatic rings. The van der Waals surface area contributed by atoms with Gasteiger partial charge in [0, 0.05) is 6.61 Å². The van der Waals surface area contributed by atoms with Crippen LogP contribution in [0.15, 0.2) is 0 Å². The van der Waals surface area contributed by atoms with Crippen LogP contribution in [0.25, 0.3) is 0 Å². The monoisotopic (exact) mass is 218 g/mol. The van der Waals surface area contributed by atoms with Crippen molar-refractivity contribution in [1.82, 2.24) is 0 Å². The summed E-state index contributed by atoms with van der Waals surface area (Å²) < 4.78 is 10.6. The van der Waals surface area contributed by atoms with Gasteiger partial charge in [-0.15, -0.1) is 0 Å². The minimum Gasteiger partial charge on any atom is -0.394 e. The van der Waals surface area contributed by atoms with Crippen LogP contribution in [-0.4, -0.2) is 38.1 Å². The molecule has 0 heterocycles. The lowest BCUT2D eigenvalue weighted by Gasteiger charge is -2.14. The van der Waals surface area contributed by atoms with E-state index >= 15 is 0 Å². The highest BCUT2D eigenvalue weighted by atomic mass is 16.5. The highest BCUT2D eigenvalue weighted by molar-refractivity contribution is 4.55. The molecule has 0 saturated carbocycles. The molecular weight excluding hydrogens is 192 g/mol. The second kappa shape index (κ2) is 12.0. The average molecular weight is 218 g/mol. The van der Waals surface area contributed by atoms with Crippen molar-refractivity contribution in [3.63, 3.8) is 0 Å². The first kappa shape index (κ1) is 14.9. The number of rotatable bonds is 11. The number of aliphatic hydroxyl groups excluding tert-OH is 1. The number of unbranched alkanes of at least 4 members (excludes halogenated alkanes) is 1. The van der Waals surface area contributed by atoms with E-state index in [1.165, 1.54) is 25.7 Å². The summed E-state index contributed by atoms with van der Waals surface area (Å²) in [6.07, 6.45) is 5.01. The third-order valence-corrected chi connectivity index (χ3v) is 2.50. The molecule has 3 heteroatoms. The van der Waals surface area contributed by atoms with Crippen molar-refractivity contribution in [3.05, 3.63) is 0 Å². The van der Waals surface area contributed by atoms with Gasteiger partial charge in [-0.1, -0.05) is 33.1 Å². The predicted molar refractivity (Wildman–Crippen MR) is 62.0 cm³/mol. The molecule has 0 rings (SSSR count). The Bertz CT molecular complexity index is 117. The molecule has 0 fully saturated rings. The normalized spacial score (nSPS) is 13.0. The highest BCUT2D eigenvalue weighted by Gasteiger charge is 2.05. The molecule has 15 heavy (non-hydrogen) atoms. The topological polar surface area (TPSA) is 38.7 Å². The summed E-state index contributed by atoms with van der Waals surface area (Å²) in [5, 5.41) is 8.48. The Balaban J connectivity index is 3.22. The summed E-state index contributed by atoms with van der Waals surface area (Å²) in [7, 11) is 0. The molecule has 0 saturated heterocycles. The smallest absolute Gasteiger partial charge is 0.0701 e. The zero-order valence-electron chi connectivity index (χ0n) is 10.2. The molecule has 0 aromatic heterocycles. The molecule has 0 aromatic carbocycles. The maximum absolute atomic E-state index is 8.48. The summed E-state index contributed by atoms with van der Waals surface area (Å²) in [5.74, 6) is 0.697. The Morgan fingerprint density at radius 2 is 1.80 bits per heavy atom. The van der Waals surface area contributed by atoms with E-state index in [0.717, 1.165) is 6.61 Å². The Labute approximate surface area is 93.8 Å². The number of aliphatic hydroxyl groups is 1. The summed E-state index contributed by atoms with van der Waals surface area (Å²) in [6.45, 7) is 7.01. The molecule has 0 radical (unpaired) electrons. The highest BCUT2D eigenvalue weighted by Crippen LogP contribution is 2.12. The van der Waals surface area contributed by atoms with Gasteiger partial charge in [-0.2, -0.15) is 0 Å². The first-order chi connectivity index (χ1) is 7.35. The first-order valence-electron chi connectivity index (χ1n) is 6.11. The van der Waals surface area contributed by atoms with Crippen molar-refractivity contribution in [2.24, 2.45) is 5.92 Å². The van der Waals surface area contributed by atoms with Crippen LogP contribution in [-0.2, 0) is 9.47 Å². The number of ether oxygens (including phenoxy) is 2. The van der Waals surface area contributed by atoms with Crippen LogP contribution in [0, 0.1) is 5.92 Å². The molecule has 3 nitrogen and oxygen atoms in total. The first-order valence-corrected chi connectivity index (χ1v) is 6.11. The minimum absolute atomic E-state index is 0.0914. The third kappa shape index (κ3) is 10.2. The average Bonchev–Trinajstić information content (AvgIpc) is 2.27. The van der Waals surface area contributed by atoms with Gasteiger partial charge in [0.2, 0.25) is 0 Å². The summed E-state index contributed by atoms with van der Waals surface area (Å²) in [6, 6.07) is 0. The zero-order chi connectivity index (χ0) is 11.4. The molecule has 0 aliphatic carbocycles. The number of hydrogen-bond acceptors (Lipinski definition) is 3. The van der Waals surface area contributed by atoms with Gasteiger partial charge in [-0.3, -0.25) is 0 Å². The van der Waals surface area contributed by atoms with E-state index in [0.29, 0.717) is 25.7 Å². The molecular formula is C12H26O3. The van der Waals surface area contributed by atoms with E-state index < -0.39 is 0 Å². The van der Waals surface area contributed by atoms with Crippen molar-refractivity contribution in [2.45, 2.75) is 39.5 Å². The molecule has 0 unspecified atom stereocenters. The molecule has 0 aromatic rings. The van der Waals surface area contributed by atoms with Crippen LogP contribution >= 0.6 is 0 Å². The van der Waals surface area contributed by atoms with Crippen LogP contribution < -0.4 is 0 Å². The molecule has 92 valence electrons. The third-order valence-electron chi connectivity index (χ3n) is 2.50. The summed E-state index contributed by atoms with van der Waals surface area (Å²) in [4.78, 5) is 0. The fourth-order valence-electron chi connectivity index (χ4n) is 1.43. The largest absolute Gasteiger partial charge is 0.394 e. The second-order valence-corrected chi connectivity index (χ2v) is 3.83. The standard InChI is InChI=1S/C12H26O3/c1-3-5-6-12(4-2)11-15-10-9-14-8-7-13/h12-13H,3-11H2,1-2H3/t12-/m1/s1.